The van der Waals surface area contributed by atoms with Crippen LogP contribution in [0.5, 0.6) is 34.5 Å². The summed E-state index contributed by atoms with van der Waals surface area (Å²) >= 11 is 0. The summed E-state index contributed by atoms with van der Waals surface area (Å²) in [5.41, 5.74) is 0.763. The van der Waals surface area contributed by atoms with Gasteiger partial charge in [-0.05, 0) is 98.5 Å². The summed E-state index contributed by atoms with van der Waals surface area (Å²) in [6, 6.07) is 22.1. The van der Waals surface area contributed by atoms with Crippen LogP contribution in [-0.2, 0) is 0 Å². The molecule has 0 atom stereocenters. The van der Waals surface area contributed by atoms with Crippen LogP contribution in [0, 0.1) is 11.6 Å². The predicted molar refractivity (Wildman–Crippen MR) is 253 cm³/mol. The summed E-state index contributed by atoms with van der Waals surface area (Å²) in [4.78, 5) is 24.7. The van der Waals surface area contributed by atoms with E-state index in [1.165, 1.54) is 94.9 Å². The van der Waals surface area contributed by atoms with E-state index in [4.69, 9.17) is 28.4 Å². The minimum absolute atomic E-state index is 0.148. The van der Waals surface area contributed by atoms with Gasteiger partial charge in [0.05, 0.1) is 37.6 Å². The monoisotopic (exact) mass is 889 g/mol. The molecule has 0 spiro atoms. The van der Waals surface area contributed by atoms with Crippen molar-refractivity contribution < 1.29 is 46.8 Å². The maximum absolute atomic E-state index is 14.3. The van der Waals surface area contributed by atoms with Crippen LogP contribution in [0.25, 0.3) is 0 Å². The fraction of sp³-hybridized carbons (Fsp3) is 0.519. The first-order chi connectivity index (χ1) is 31.3. The van der Waals surface area contributed by atoms with Crippen LogP contribution < -0.4 is 28.4 Å². The van der Waals surface area contributed by atoms with Gasteiger partial charge in [-0.25, -0.2) is 18.4 Å². The van der Waals surface area contributed by atoms with E-state index in [1.54, 1.807) is 60.7 Å². The Bertz CT molecular complexity index is 1850. The number of carbonyl (C=O) groups excluding carboxylic acids is 2. The number of rotatable bonds is 32. The molecule has 8 nitrogen and oxygen atoms in total. The molecule has 0 radical (unpaired) electrons. The number of ether oxygens (including phenoxy) is 6. The second-order valence-electron chi connectivity index (χ2n) is 16.1. The van der Waals surface area contributed by atoms with Crippen molar-refractivity contribution in [3.63, 3.8) is 0 Å². The van der Waals surface area contributed by atoms with Crippen molar-refractivity contribution in [3.8, 4) is 34.5 Å². The van der Waals surface area contributed by atoms with Gasteiger partial charge in [0.25, 0.3) is 0 Å². The number of hydrogen-bond donors (Lipinski definition) is 0. The van der Waals surface area contributed by atoms with Crippen LogP contribution in [0.3, 0.4) is 0 Å². The van der Waals surface area contributed by atoms with Crippen molar-refractivity contribution in [2.75, 3.05) is 26.4 Å². The fourth-order valence-corrected chi connectivity index (χ4v) is 6.60. The zero-order valence-corrected chi connectivity index (χ0v) is 39.1. The Morgan fingerprint density at radius 2 is 0.641 bits per heavy atom. The van der Waals surface area contributed by atoms with E-state index in [0.717, 1.165) is 63.5 Å². The number of halogens is 2. The van der Waals surface area contributed by atoms with Gasteiger partial charge in [-0.2, -0.15) is 0 Å². The molecule has 4 aromatic carbocycles. The van der Waals surface area contributed by atoms with E-state index < -0.39 is 23.6 Å². The first-order valence-corrected chi connectivity index (χ1v) is 24.0. The predicted octanol–water partition coefficient (Wildman–Crippen LogP) is 15.5. The summed E-state index contributed by atoms with van der Waals surface area (Å²) in [7, 11) is 0. The molecule has 0 aliphatic rings. The van der Waals surface area contributed by atoms with E-state index in [1.807, 2.05) is 0 Å². The molecule has 0 saturated carbocycles. The molecule has 0 amide bonds. The number of unbranched alkanes of at least 4 members (excludes halogenated alkanes) is 16. The zero-order chi connectivity index (χ0) is 46.0. The summed E-state index contributed by atoms with van der Waals surface area (Å²) < 4.78 is 61.6. The molecule has 0 saturated heterocycles. The van der Waals surface area contributed by atoms with E-state index in [-0.39, 0.29) is 23.0 Å². The largest absolute Gasteiger partial charge is 0.494 e. The number of benzene rings is 4. The molecule has 10 heteroatoms. The van der Waals surface area contributed by atoms with Gasteiger partial charge < -0.3 is 28.4 Å². The molecule has 0 aromatic heterocycles. The average Bonchev–Trinajstić information content (AvgIpc) is 3.30. The van der Waals surface area contributed by atoms with E-state index in [0.29, 0.717) is 43.3 Å². The molecular weight excluding hydrogens is 815 g/mol. The van der Waals surface area contributed by atoms with Crippen LogP contribution >= 0.6 is 0 Å². The van der Waals surface area contributed by atoms with Crippen molar-refractivity contribution in [3.05, 3.63) is 108 Å². The van der Waals surface area contributed by atoms with Gasteiger partial charge in [-0.1, -0.05) is 130 Å². The van der Waals surface area contributed by atoms with Gasteiger partial charge in [0.1, 0.15) is 23.0 Å². The molecule has 4 rings (SSSR count). The third-order valence-electron chi connectivity index (χ3n) is 10.5. The highest BCUT2D eigenvalue weighted by atomic mass is 19.1. The van der Waals surface area contributed by atoms with Crippen LogP contribution in [0.15, 0.2) is 84.9 Å². The Hall–Kier alpha value is -5.12. The molecule has 0 aliphatic heterocycles. The highest BCUT2D eigenvalue weighted by Crippen LogP contribution is 2.26. The van der Waals surface area contributed by atoms with Gasteiger partial charge in [-0.3, -0.25) is 0 Å². The zero-order valence-electron chi connectivity index (χ0n) is 39.1. The highest BCUT2D eigenvalue weighted by Gasteiger charge is 2.14. The minimum Gasteiger partial charge on any atom is -0.494 e. The minimum atomic E-state index is -0.544. The van der Waals surface area contributed by atoms with Crippen molar-refractivity contribution in [2.24, 2.45) is 0 Å². The van der Waals surface area contributed by atoms with E-state index in [2.05, 4.69) is 27.7 Å². The SMILES string of the molecule is CCCCCCCCOc1ccc(OC(=O)c2ccc(OCCCCC)cc2)cc1F.CCCCCCCCOc1ccc(OC(=O)c2ccc(OCCCCCCC)cc2)cc1F. The second-order valence-corrected chi connectivity index (χ2v) is 16.1. The number of esters is 2. The number of carbonyl (C=O) groups is 2. The van der Waals surface area contributed by atoms with E-state index in [9.17, 15) is 18.4 Å². The Morgan fingerprint density at radius 3 is 0.984 bits per heavy atom. The first kappa shape index (κ1) is 53.2. The lowest BCUT2D eigenvalue weighted by Gasteiger charge is -2.10. The molecule has 0 N–H and O–H groups in total. The highest BCUT2D eigenvalue weighted by molar-refractivity contribution is 5.91. The quantitative estimate of drug-likeness (QED) is 0.0272. The van der Waals surface area contributed by atoms with Gasteiger partial charge in [-0.15, -0.1) is 0 Å². The standard InChI is InChI=1S/C28H39FO4.C26H35FO4/c1-3-5-7-9-11-13-21-32-27-19-18-25(22-26(27)29)33-28(30)23-14-16-24(17-15-23)31-20-12-10-8-6-4-2;1-3-5-7-8-9-11-19-30-25-17-16-23(20-24(25)27)31-26(28)21-12-14-22(15-13-21)29-18-10-6-4-2/h14-19,22H,3-13,20-21H2,1-2H3;12-17,20H,3-11,18-19H2,1-2H3. The summed E-state index contributed by atoms with van der Waals surface area (Å²) in [6.07, 6.45) is 22.9. The molecule has 64 heavy (non-hydrogen) atoms. The summed E-state index contributed by atoms with van der Waals surface area (Å²) in [5, 5.41) is 0. The molecule has 0 fully saturated rings. The number of hydrogen-bond acceptors (Lipinski definition) is 8. The Kier molecular flexibility index (Phi) is 27.8. The lowest BCUT2D eigenvalue weighted by Crippen LogP contribution is -2.09. The maximum Gasteiger partial charge on any atom is 0.343 e. The second kappa shape index (κ2) is 33.4. The van der Waals surface area contributed by atoms with Crippen LogP contribution in [0.4, 0.5) is 8.78 Å². The fourth-order valence-electron chi connectivity index (χ4n) is 6.60. The van der Waals surface area contributed by atoms with Gasteiger partial charge in [0.15, 0.2) is 23.1 Å². The average molecular weight is 889 g/mol. The van der Waals surface area contributed by atoms with Crippen molar-refractivity contribution in [1.82, 2.24) is 0 Å². The third-order valence-corrected chi connectivity index (χ3v) is 10.5. The van der Waals surface area contributed by atoms with E-state index >= 15 is 0 Å². The molecule has 4 aromatic rings. The molecule has 0 unspecified atom stereocenters. The molecule has 0 heterocycles. The van der Waals surface area contributed by atoms with Crippen LogP contribution in [0.2, 0.25) is 0 Å². The molecule has 0 aliphatic carbocycles. The van der Waals surface area contributed by atoms with Crippen molar-refractivity contribution in [2.45, 2.75) is 156 Å². The maximum atomic E-state index is 14.3. The topological polar surface area (TPSA) is 89.5 Å². The third kappa shape index (κ3) is 22.5. The Labute approximate surface area is 382 Å². The Balaban J connectivity index is 0.000000341. The Morgan fingerprint density at radius 1 is 0.359 bits per heavy atom. The van der Waals surface area contributed by atoms with Crippen LogP contribution in [0.1, 0.15) is 177 Å². The molecule has 0 bridgehead atoms. The normalized spacial score (nSPS) is 10.7. The lowest BCUT2D eigenvalue weighted by molar-refractivity contribution is 0.0724. The first-order valence-electron chi connectivity index (χ1n) is 24.0. The molecular formula is C54H74F2O8. The molecule has 352 valence electrons. The summed E-state index contributed by atoms with van der Waals surface area (Å²) in [5.74, 6) is -0.0610. The van der Waals surface area contributed by atoms with Gasteiger partial charge >= 0.3 is 11.9 Å². The lowest BCUT2D eigenvalue weighted by atomic mass is 10.1. The van der Waals surface area contributed by atoms with Crippen molar-refractivity contribution in [1.29, 1.82) is 0 Å². The smallest absolute Gasteiger partial charge is 0.343 e. The van der Waals surface area contributed by atoms with Gasteiger partial charge in [0.2, 0.25) is 0 Å². The van der Waals surface area contributed by atoms with Crippen LogP contribution in [-0.4, -0.2) is 38.4 Å². The van der Waals surface area contributed by atoms with Crippen molar-refractivity contribution >= 4 is 11.9 Å². The van der Waals surface area contributed by atoms with Gasteiger partial charge in [0, 0.05) is 12.1 Å². The summed E-state index contributed by atoms with van der Waals surface area (Å²) in [6.45, 7) is 11.0.